The predicted octanol–water partition coefficient (Wildman–Crippen LogP) is -1.45. The van der Waals surface area contributed by atoms with Crippen molar-refractivity contribution < 1.29 is 25.2 Å². The van der Waals surface area contributed by atoms with Crippen molar-refractivity contribution in [1.29, 1.82) is 0 Å². The van der Waals surface area contributed by atoms with E-state index in [9.17, 15) is 19.8 Å². The van der Waals surface area contributed by atoms with E-state index >= 15 is 0 Å². The van der Waals surface area contributed by atoms with Gasteiger partial charge in [0.05, 0.1) is 25.5 Å². The summed E-state index contributed by atoms with van der Waals surface area (Å²) in [6.45, 7) is -0.854. The lowest BCUT2D eigenvalue weighted by atomic mass is 10.2. The van der Waals surface area contributed by atoms with Gasteiger partial charge in [0.2, 0.25) is 5.43 Å². The second-order valence-electron chi connectivity index (χ2n) is 4.39. The molecule has 0 atom stereocenters. The minimum Gasteiger partial charge on any atom is -0.503 e. The van der Waals surface area contributed by atoms with E-state index in [1.807, 2.05) is 0 Å². The Morgan fingerprint density at radius 1 is 1.40 bits per heavy atom. The van der Waals surface area contributed by atoms with Crippen molar-refractivity contribution in [1.82, 2.24) is 9.47 Å². The quantitative estimate of drug-likeness (QED) is 0.484. The van der Waals surface area contributed by atoms with Gasteiger partial charge in [0.1, 0.15) is 0 Å². The van der Waals surface area contributed by atoms with E-state index in [0.717, 1.165) is 6.07 Å². The topological polar surface area (TPSA) is 123 Å². The Hall–Kier alpha value is -1.90. The van der Waals surface area contributed by atoms with Crippen LogP contribution in [0.1, 0.15) is 11.4 Å². The van der Waals surface area contributed by atoms with E-state index in [0.29, 0.717) is 0 Å². The lowest BCUT2D eigenvalue weighted by molar-refractivity contribution is -0.138. The third-order valence-electron chi connectivity index (χ3n) is 2.79. The van der Waals surface area contributed by atoms with Crippen LogP contribution in [-0.4, -0.2) is 56.1 Å². The number of aromatic nitrogens is 1. The highest BCUT2D eigenvalue weighted by atomic mass is 16.4. The number of hydrogen-bond donors (Lipinski definition) is 4. The number of carbonyl (C=O) groups is 1. The molecular formula is C12H18N2O6. The van der Waals surface area contributed by atoms with Gasteiger partial charge < -0.3 is 25.0 Å². The molecule has 0 bridgehead atoms. The van der Waals surface area contributed by atoms with Crippen LogP contribution in [0.2, 0.25) is 0 Å². The smallest absolute Gasteiger partial charge is 0.317 e. The predicted molar refractivity (Wildman–Crippen MR) is 69.3 cm³/mol. The van der Waals surface area contributed by atoms with Gasteiger partial charge in [-0.1, -0.05) is 0 Å². The van der Waals surface area contributed by atoms with Crippen LogP contribution in [0.15, 0.2) is 10.9 Å². The molecule has 0 aliphatic rings. The monoisotopic (exact) mass is 286 g/mol. The van der Waals surface area contributed by atoms with Crippen LogP contribution in [-0.2, 0) is 24.5 Å². The molecule has 0 fully saturated rings. The Morgan fingerprint density at radius 2 is 2.05 bits per heavy atom. The molecule has 0 aliphatic heterocycles. The number of carboxylic acids is 1. The summed E-state index contributed by atoms with van der Waals surface area (Å²) in [5.41, 5.74) is -0.234. The summed E-state index contributed by atoms with van der Waals surface area (Å²) >= 11 is 0. The molecule has 0 aliphatic carbocycles. The number of nitrogens with zero attached hydrogens (tertiary/aromatic N) is 2. The van der Waals surface area contributed by atoms with Gasteiger partial charge in [-0.15, -0.1) is 0 Å². The standard InChI is InChI=1S/C12H18N2O6/c1-13(6-11(18)19)5-9-12(20)10(17)4-8(7-16)14(9)2-3-15/h4,15-16,20H,2-3,5-7H2,1H3,(H,18,19). The molecule has 1 aromatic rings. The lowest BCUT2D eigenvalue weighted by Crippen LogP contribution is -2.29. The largest absolute Gasteiger partial charge is 0.503 e. The van der Waals surface area contributed by atoms with Gasteiger partial charge in [0, 0.05) is 24.8 Å². The second-order valence-corrected chi connectivity index (χ2v) is 4.39. The summed E-state index contributed by atoms with van der Waals surface area (Å²) in [4.78, 5) is 23.6. The average molecular weight is 286 g/mol. The molecule has 0 unspecified atom stereocenters. The molecule has 1 aromatic heterocycles. The van der Waals surface area contributed by atoms with Crippen LogP contribution in [0, 0.1) is 0 Å². The van der Waals surface area contributed by atoms with Crippen molar-refractivity contribution in [2.75, 3.05) is 20.2 Å². The molecule has 0 aromatic carbocycles. The van der Waals surface area contributed by atoms with Crippen molar-refractivity contribution in [2.24, 2.45) is 0 Å². The highest BCUT2D eigenvalue weighted by Crippen LogP contribution is 2.16. The fourth-order valence-corrected chi connectivity index (χ4v) is 1.95. The van der Waals surface area contributed by atoms with Crippen LogP contribution in [0.4, 0.5) is 0 Å². The number of pyridine rings is 1. The van der Waals surface area contributed by atoms with Crippen molar-refractivity contribution in [3.8, 4) is 5.75 Å². The number of rotatable bonds is 7. The minimum atomic E-state index is -1.04. The number of hydrogen-bond acceptors (Lipinski definition) is 6. The molecule has 4 N–H and O–H groups in total. The summed E-state index contributed by atoms with van der Waals surface area (Å²) in [5, 5.41) is 36.8. The van der Waals surface area contributed by atoms with Crippen molar-refractivity contribution in [2.45, 2.75) is 19.7 Å². The first kappa shape index (κ1) is 16.2. The van der Waals surface area contributed by atoms with Gasteiger partial charge >= 0.3 is 5.97 Å². The van der Waals surface area contributed by atoms with E-state index in [2.05, 4.69) is 0 Å². The zero-order valence-electron chi connectivity index (χ0n) is 11.1. The van der Waals surface area contributed by atoms with E-state index in [4.69, 9.17) is 10.2 Å². The maximum atomic E-state index is 11.6. The van der Waals surface area contributed by atoms with Crippen LogP contribution in [0.3, 0.4) is 0 Å². The van der Waals surface area contributed by atoms with Crippen LogP contribution in [0.25, 0.3) is 0 Å². The number of aromatic hydroxyl groups is 1. The third kappa shape index (κ3) is 3.80. The summed E-state index contributed by atoms with van der Waals surface area (Å²) in [6, 6.07) is 1.09. The Balaban J connectivity index is 3.23. The van der Waals surface area contributed by atoms with Crippen molar-refractivity contribution in [3.63, 3.8) is 0 Å². The molecule has 8 nitrogen and oxygen atoms in total. The van der Waals surface area contributed by atoms with Crippen LogP contribution in [0.5, 0.6) is 5.75 Å². The molecule has 0 saturated carbocycles. The lowest BCUT2D eigenvalue weighted by Gasteiger charge is -2.21. The molecule has 20 heavy (non-hydrogen) atoms. The molecule has 0 radical (unpaired) electrons. The Labute approximate surface area is 115 Å². The maximum absolute atomic E-state index is 11.6. The highest BCUT2D eigenvalue weighted by Gasteiger charge is 2.17. The third-order valence-corrected chi connectivity index (χ3v) is 2.79. The average Bonchev–Trinajstić information content (AvgIpc) is 2.37. The van der Waals surface area contributed by atoms with Crippen molar-refractivity contribution >= 4 is 5.97 Å². The van der Waals surface area contributed by atoms with Gasteiger partial charge in [0.25, 0.3) is 0 Å². The summed E-state index contributed by atoms with van der Waals surface area (Å²) < 4.78 is 1.41. The maximum Gasteiger partial charge on any atom is 0.317 e. The van der Waals surface area contributed by atoms with E-state index in [1.54, 1.807) is 0 Å². The molecule has 1 rings (SSSR count). The Morgan fingerprint density at radius 3 is 2.55 bits per heavy atom. The van der Waals surface area contributed by atoms with Crippen molar-refractivity contribution in [3.05, 3.63) is 27.7 Å². The second kappa shape index (κ2) is 7.04. The fourth-order valence-electron chi connectivity index (χ4n) is 1.95. The highest BCUT2D eigenvalue weighted by molar-refractivity contribution is 5.69. The Bertz CT molecular complexity index is 539. The van der Waals surface area contributed by atoms with Crippen LogP contribution < -0.4 is 5.43 Å². The first-order valence-corrected chi connectivity index (χ1v) is 5.97. The fraction of sp³-hybridized carbons (Fsp3) is 0.500. The van der Waals surface area contributed by atoms with Crippen LogP contribution >= 0.6 is 0 Å². The minimum absolute atomic E-state index is 0.00120. The number of carboxylic acid groups (broad SMARTS) is 1. The zero-order valence-corrected chi connectivity index (χ0v) is 11.1. The van der Waals surface area contributed by atoms with Gasteiger partial charge in [-0.2, -0.15) is 0 Å². The normalized spacial score (nSPS) is 11.0. The molecule has 1 heterocycles. The van der Waals surface area contributed by atoms with Gasteiger partial charge in [-0.25, -0.2) is 0 Å². The summed E-state index contributed by atoms with van der Waals surface area (Å²) in [5.74, 6) is -1.55. The molecule has 112 valence electrons. The van der Waals surface area contributed by atoms with Gasteiger partial charge in [-0.05, 0) is 7.05 Å². The van der Waals surface area contributed by atoms with E-state index in [1.165, 1.54) is 16.5 Å². The SMILES string of the molecule is CN(CC(=O)O)Cc1c(O)c(=O)cc(CO)n1CCO. The molecule has 0 saturated heterocycles. The zero-order chi connectivity index (χ0) is 15.3. The van der Waals surface area contributed by atoms with Gasteiger partial charge in [0.15, 0.2) is 5.75 Å². The number of aliphatic carboxylic acids is 1. The summed E-state index contributed by atoms with van der Waals surface area (Å²) in [7, 11) is 1.52. The number of aliphatic hydroxyl groups excluding tert-OH is 2. The van der Waals surface area contributed by atoms with Gasteiger partial charge in [-0.3, -0.25) is 14.5 Å². The Kier molecular flexibility index (Phi) is 5.68. The first-order valence-electron chi connectivity index (χ1n) is 5.97. The molecule has 8 heteroatoms. The molecule has 0 amide bonds. The molecule has 0 spiro atoms. The number of likely N-dealkylation sites (N-methyl/N-ethyl adjacent to an activating group) is 1. The number of aliphatic hydroxyl groups is 2. The summed E-state index contributed by atoms with van der Waals surface area (Å²) in [6.07, 6.45) is 0. The molecular weight excluding hydrogens is 268 g/mol. The van der Waals surface area contributed by atoms with E-state index in [-0.39, 0.29) is 37.6 Å². The first-order chi connectivity index (χ1) is 9.40. The van der Waals surface area contributed by atoms with E-state index < -0.39 is 23.8 Å².